The van der Waals surface area contributed by atoms with Gasteiger partial charge >= 0.3 is 0 Å². The largest absolute Gasteiger partial charge is 0.242 e. The van der Waals surface area contributed by atoms with Gasteiger partial charge in [0.25, 0.3) is 0 Å². The van der Waals surface area contributed by atoms with Gasteiger partial charge in [0.05, 0.1) is 4.90 Å². The van der Waals surface area contributed by atoms with Gasteiger partial charge < -0.3 is 0 Å². The first kappa shape index (κ1) is 16.6. The molecule has 0 radical (unpaired) electrons. The van der Waals surface area contributed by atoms with Crippen LogP contribution in [0.4, 0.5) is 0 Å². The number of benzene rings is 1. The third kappa shape index (κ3) is 3.72. The number of rotatable bonds is 4. The molecular formula is C12H10Br3NO2S2. The van der Waals surface area contributed by atoms with Crippen LogP contribution in [0.5, 0.6) is 0 Å². The van der Waals surface area contributed by atoms with Crippen LogP contribution in [0, 0.1) is 6.92 Å². The molecule has 1 aromatic heterocycles. The van der Waals surface area contributed by atoms with Crippen molar-refractivity contribution in [3.63, 3.8) is 0 Å². The molecule has 2 rings (SSSR count). The quantitative estimate of drug-likeness (QED) is 0.650. The number of hydrogen-bond acceptors (Lipinski definition) is 3. The molecule has 8 heteroatoms. The lowest BCUT2D eigenvalue weighted by molar-refractivity contribution is 0.581. The van der Waals surface area contributed by atoms with E-state index in [2.05, 4.69) is 52.5 Å². The van der Waals surface area contributed by atoms with E-state index < -0.39 is 10.0 Å². The van der Waals surface area contributed by atoms with Crippen LogP contribution in [-0.4, -0.2) is 8.42 Å². The molecule has 3 nitrogen and oxygen atoms in total. The Morgan fingerprint density at radius 1 is 1.15 bits per heavy atom. The van der Waals surface area contributed by atoms with Gasteiger partial charge in [-0.15, -0.1) is 11.3 Å². The van der Waals surface area contributed by atoms with Crippen molar-refractivity contribution >= 4 is 69.1 Å². The molecule has 1 heterocycles. The van der Waals surface area contributed by atoms with Gasteiger partial charge in [-0.25, -0.2) is 13.1 Å². The van der Waals surface area contributed by atoms with Crippen molar-refractivity contribution in [3.05, 3.63) is 47.4 Å². The number of hydrogen-bond donors (Lipinski definition) is 1. The van der Waals surface area contributed by atoms with Crippen molar-refractivity contribution in [2.75, 3.05) is 0 Å². The summed E-state index contributed by atoms with van der Waals surface area (Å²) in [7, 11) is -3.56. The van der Waals surface area contributed by atoms with Crippen molar-refractivity contribution < 1.29 is 8.42 Å². The summed E-state index contributed by atoms with van der Waals surface area (Å²) in [5.41, 5.74) is 0.969. The Balaban J connectivity index is 2.27. The topological polar surface area (TPSA) is 46.2 Å². The molecule has 0 aliphatic heterocycles. The second-order valence-electron chi connectivity index (χ2n) is 4.05. The molecule has 0 fully saturated rings. The fourth-order valence-corrected chi connectivity index (χ4v) is 5.72. The maximum Gasteiger partial charge on any atom is 0.242 e. The van der Waals surface area contributed by atoms with E-state index in [1.54, 1.807) is 12.1 Å². The predicted molar refractivity (Wildman–Crippen MR) is 92.6 cm³/mol. The number of nitrogens with one attached hydrogen (secondary N) is 1. The van der Waals surface area contributed by atoms with Gasteiger partial charge in [-0.3, -0.25) is 0 Å². The fourth-order valence-electron chi connectivity index (χ4n) is 1.52. The van der Waals surface area contributed by atoms with Crippen LogP contribution in [0.15, 0.2) is 41.9 Å². The van der Waals surface area contributed by atoms with Crippen molar-refractivity contribution in [1.29, 1.82) is 0 Å². The van der Waals surface area contributed by atoms with Crippen LogP contribution < -0.4 is 4.72 Å². The molecule has 0 aliphatic rings. The highest BCUT2D eigenvalue weighted by atomic mass is 79.9. The van der Waals surface area contributed by atoms with Crippen LogP contribution in [-0.2, 0) is 16.6 Å². The van der Waals surface area contributed by atoms with E-state index in [0.29, 0.717) is 4.47 Å². The molecule has 0 amide bonds. The summed E-state index contributed by atoms with van der Waals surface area (Å²) < 4.78 is 29.5. The van der Waals surface area contributed by atoms with E-state index in [-0.39, 0.29) is 11.4 Å². The number of aryl methyl sites for hydroxylation is 1. The first-order valence-corrected chi connectivity index (χ1v) is 10.2. The lowest BCUT2D eigenvalue weighted by Gasteiger charge is -2.10. The Morgan fingerprint density at radius 2 is 1.85 bits per heavy atom. The normalized spacial score (nSPS) is 11.8. The highest BCUT2D eigenvalue weighted by Gasteiger charge is 2.19. The zero-order chi connectivity index (χ0) is 14.9. The average Bonchev–Trinajstić information content (AvgIpc) is 2.77. The van der Waals surface area contributed by atoms with E-state index in [9.17, 15) is 8.42 Å². The molecular weight excluding hydrogens is 494 g/mol. The summed E-state index contributed by atoms with van der Waals surface area (Å²) >= 11 is 11.5. The minimum atomic E-state index is -3.56. The molecule has 20 heavy (non-hydrogen) atoms. The molecule has 0 bridgehead atoms. The van der Waals surface area contributed by atoms with Gasteiger partial charge in [-0.1, -0.05) is 15.9 Å². The van der Waals surface area contributed by atoms with Crippen molar-refractivity contribution in [2.24, 2.45) is 0 Å². The summed E-state index contributed by atoms with van der Waals surface area (Å²) in [5.74, 6) is 0. The van der Waals surface area contributed by atoms with Crippen LogP contribution in [0.3, 0.4) is 0 Å². The zero-order valence-corrected chi connectivity index (χ0v) is 16.7. The smallest absolute Gasteiger partial charge is 0.207 e. The Bertz CT molecular complexity index is 741. The van der Waals surface area contributed by atoms with Crippen LogP contribution >= 0.6 is 59.1 Å². The van der Waals surface area contributed by atoms with E-state index in [1.165, 1.54) is 11.3 Å². The first-order valence-electron chi connectivity index (χ1n) is 5.48. The molecule has 0 aliphatic carbocycles. The van der Waals surface area contributed by atoms with Crippen molar-refractivity contribution in [3.8, 4) is 0 Å². The Morgan fingerprint density at radius 3 is 2.45 bits per heavy atom. The molecule has 2 aromatic rings. The van der Waals surface area contributed by atoms with Crippen LogP contribution in [0.1, 0.15) is 10.4 Å². The molecule has 0 unspecified atom stereocenters. The highest BCUT2D eigenvalue weighted by molar-refractivity contribution is 9.11. The summed E-state index contributed by atoms with van der Waals surface area (Å²) in [4.78, 5) is 1.17. The van der Waals surface area contributed by atoms with Crippen molar-refractivity contribution in [2.45, 2.75) is 18.4 Å². The minimum Gasteiger partial charge on any atom is -0.207 e. The molecule has 0 spiro atoms. The third-order valence-electron chi connectivity index (χ3n) is 2.62. The van der Waals surface area contributed by atoms with Gasteiger partial charge in [-0.2, -0.15) is 0 Å². The number of halogens is 3. The van der Waals surface area contributed by atoms with Gasteiger partial charge in [0.1, 0.15) is 0 Å². The van der Waals surface area contributed by atoms with Gasteiger partial charge in [-0.05, 0) is 67.9 Å². The highest BCUT2D eigenvalue weighted by Crippen LogP contribution is 2.29. The summed E-state index contributed by atoms with van der Waals surface area (Å²) in [6, 6.07) is 5.28. The Hall–Kier alpha value is 0.270. The monoisotopic (exact) mass is 501 g/mol. The zero-order valence-electron chi connectivity index (χ0n) is 10.3. The standard InChI is InChI=1S/C12H10Br3NO2S2/c1-7-4-10(15)12(5-9(7)14)20(17,18)16-6-11-8(13)2-3-19-11/h2-5,16H,6H2,1H3. The van der Waals surface area contributed by atoms with Gasteiger partial charge in [0.2, 0.25) is 10.0 Å². The van der Waals surface area contributed by atoms with E-state index in [0.717, 1.165) is 19.4 Å². The number of sulfonamides is 1. The summed E-state index contributed by atoms with van der Waals surface area (Å²) in [5, 5.41) is 1.91. The Kier molecular flexibility index (Phi) is 5.47. The molecule has 1 N–H and O–H groups in total. The SMILES string of the molecule is Cc1cc(Br)c(S(=O)(=O)NCc2sccc2Br)cc1Br. The van der Waals surface area contributed by atoms with Crippen LogP contribution in [0.2, 0.25) is 0 Å². The molecule has 0 saturated carbocycles. The molecule has 1 aromatic carbocycles. The van der Waals surface area contributed by atoms with E-state index in [4.69, 9.17) is 0 Å². The second kappa shape index (κ2) is 6.58. The van der Waals surface area contributed by atoms with Gasteiger partial charge in [0.15, 0.2) is 0 Å². The summed E-state index contributed by atoms with van der Waals surface area (Å²) in [6.07, 6.45) is 0. The third-order valence-corrected chi connectivity index (χ3v) is 7.76. The van der Waals surface area contributed by atoms with Gasteiger partial charge in [0, 0.05) is 24.8 Å². The number of thiophene rings is 1. The maximum absolute atomic E-state index is 12.4. The summed E-state index contributed by atoms with van der Waals surface area (Å²) in [6.45, 7) is 2.17. The lowest BCUT2D eigenvalue weighted by Crippen LogP contribution is -2.23. The average molecular weight is 504 g/mol. The lowest BCUT2D eigenvalue weighted by atomic mass is 10.2. The van der Waals surface area contributed by atoms with E-state index in [1.807, 2.05) is 18.4 Å². The molecule has 0 saturated heterocycles. The van der Waals surface area contributed by atoms with Crippen LogP contribution in [0.25, 0.3) is 0 Å². The molecule has 0 atom stereocenters. The Labute approximate surface area is 147 Å². The van der Waals surface area contributed by atoms with E-state index >= 15 is 0 Å². The second-order valence-corrected chi connectivity index (χ2v) is 9.35. The predicted octanol–water partition coefficient (Wildman–Crippen LogP) is 4.82. The fraction of sp³-hybridized carbons (Fsp3) is 0.167. The minimum absolute atomic E-state index is 0.225. The molecule has 108 valence electrons. The first-order chi connectivity index (χ1) is 9.31. The van der Waals surface area contributed by atoms with Crippen molar-refractivity contribution in [1.82, 2.24) is 4.72 Å². The maximum atomic E-state index is 12.4.